The van der Waals surface area contributed by atoms with Crippen LogP contribution in [-0.4, -0.2) is 17.1 Å². The van der Waals surface area contributed by atoms with E-state index in [4.69, 9.17) is 4.74 Å². The maximum atomic E-state index is 5.04. The highest BCUT2D eigenvalue weighted by Crippen LogP contribution is 2.24. The number of pyridine rings is 1. The Morgan fingerprint density at radius 3 is 2.71 bits per heavy atom. The minimum Gasteiger partial charge on any atom is -0.481 e. The molecule has 0 aliphatic rings. The third-order valence-corrected chi connectivity index (χ3v) is 2.79. The van der Waals surface area contributed by atoms with E-state index in [1.54, 1.807) is 7.11 Å². The first kappa shape index (κ1) is 9.90. The van der Waals surface area contributed by atoms with Crippen LogP contribution in [0.1, 0.15) is 0 Å². The maximum absolute atomic E-state index is 5.04. The van der Waals surface area contributed by atoms with Crippen molar-refractivity contribution in [3.63, 3.8) is 0 Å². The van der Waals surface area contributed by atoms with Crippen molar-refractivity contribution in [1.82, 2.24) is 9.97 Å². The molecule has 84 valence electrons. The highest BCUT2D eigenvalue weighted by Gasteiger charge is 2.03. The van der Waals surface area contributed by atoms with Gasteiger partial charge in [0.15, 0.2) is 0 Å². The highest BCUT2D eigenvalue weighted by atomic mass is 16.5. The molecule has 0 radical (unpaired) electrons. The van der Waals surface area contributed by atoms with Crippen LogP contribution in [0, 0.1) is 0 Å². The molecule has 2 aromatic heterocycles. The number of aromatic nitrogens is 2. The van der Waals surface area contributed by atoms with Crippen LogP contribution in [-0.2, 0) is 0 Å². The molecule has 0 aliphatic heterocycles. The van der Waals surface area contributed by atoms with Crippen LogP contribution in [0.3, 0.4) is 0 Å². The predicted octanol–water partition coefficient (Wildman–Crippen LogP) is 3.24. The first-order valence-electron chi connectivity index (χ1n) is 5.45. The summed E-state index contributed by atoms with van der Waals surface area (Å²) in [6.45, 7) is 0. The number of H-pyrrole nitrogens is 1. The van der Waals surface area contributed by atoms with Crippen molar-refractivity contribution in [2.75, 3.05) is 7.11 Å². The summed E-state index contributed by atoms with van der Waals surface area (Å²) in [6, 6.07) is 14.2. The molecular weight excluding hydrogens is 212 g/mol. The van der Waals surface area contributed by atoms with Crippen LogP contribution in [0.5, 0.6) is 5.88 Å². The second-order valence-electron chi connectivity index (χ2n) is 3.86. The van der Waals surface area contributed by atoms with Crippen molar-refractivity contribution in [1.29, 1.82) is 0 Å². The van der Waals surface area contributed by atoms with Gasteiger partial charge in [0.25, 0.3) is 0 Å². The van der Waals surface area contributed by atoms with Gasteiger partial charge < -0.3 is 9.72 Å². The molecule has 0 aliphatic carbocycles. The molecule has 1 N–H and O–H groups in total. The van der Waals surface area contributed by atoms with E-state index < -0.39 is 0 Å². The quantitative estimate of drug-likeness (QED) is 0.725. The third kappa shape index (κ3) is 1.76. The van der Waals surface area contributed by atoms with E-state index in [2.05, 4.69) is 28.2 Å². The summed E-state index contributed by atoms with van der Waals surface area (Å²) >= 11 is 0. The standard InChI is InChI=1S/C14H12N2O/c1-17-14-7-6-11(9-15-14)13-8-10-4-2-3-5-12(10)16-13/h2-9,16H,1H3. The predicted molar refractivity (Wildman–Crippen MR) is 68.1 cm³/mol. The second-order valence-corrected chi connectivity index (χ2v) is 3.86. The average molecular weight is 224 g/mol. The van der Waals surface area contributed by atoms with Crippen LogP contribution < -0.4 is 4.74 Å². The molecule has 2 heterocycles. The maximum Gasteiger partial charge on any atom is 0.212 e. The Kier molecular flexibility index (Phi) is 2.29. The lowest BCUT2D eigenvalue weighted by atomic mass is 10.2. The Hall–Kier alpha value is -2.29. The van der Waals surface area contributed by atoms with Gasteiger partial charge in [-0.3, -0.25) is 0 Å². The van der Waals surface area contributed by atoms with Crippen molar-refractivity contribution in [3.8, 4) is 17.1 Å². The van der Waals surface area contributed by atoms with Gasteiger partial charge in [-0.05, 0) is 18.2 Å². The molecule has 0 atom stereocenters. The zero-order valence-corrected chi connectivity index (χ0v) is 9.47. The van der Waals surface area contributed by atoms with E-state index in [0.29, 0.717) is 5.88 Å². The average Bonchev–Trinajstić information content (AvgIpc) is 2.82. The molecule has 3 aromatic rings. The Balaban J connectivity index is 2.07. The fourth-order valence-electron chi connectivity index (χ4n) is 1.89. The lowest BCUT2D eigenvalue weighted by Gasteiger charge is -1.99. The Bertz CT molecular complexity index is 608. The van der Waals surface area contributed by atoms with Gasteiger partial charge in [0.05, 0.1) is 7.11 Å². The molecule has 0 saturated carbocycles. The first-order valence-corrected chi connectivity index (χ1v) is 5.45. The van der Waals surface area contributed by atoms with E-state index in [9.17, 15) is 0 Å². The summed E-state index contributed by atoms with van der Waals surface area (Å²) in [5.41, 5.74) is 3.27. The smallest absolute Gasteiger partial charge is 0.212 e. The summed E-state index contributed by atoms with van der Waals surface area (Å²) in [4.78, 5) is 7.57. The van der Waals surface area contributed by atoms with Crippen molar-refractivity contribution >= 4 is 10.9 Å². The molecule has 1 aromatic carbocycles. The number of benzene rings is 1. The lowest BCUT2D eigenvalue weighted by Crippen LogP contribution is -1.86. The summed E-state index contributed by atoms with van der Waals surface area (Å²) in [6.07, 6.45) is 1.81. The summed E-state index contributed by atoms with van der Waals surface area (Å²) in [7, 11) is 1.62. The Morgan fingerprint density at radius 1 is 1.12 bits per heavy atom. The van der Waals surface area contributed by atoms with Gasteiger partial charge in [-0.15, -0.1) is 0 Å². The number of rotatable bonds is 2. The second kappa shape index (κ2) is 3.94. The number of nitrogens with zero attached hydrogens (tertiary/aromatic N) is 1. The topological polar surface area (TPSA) is 37.9 Å². The van der Waals surface area contributed by atoms with E-state index >= 15 is 0 Å². The van der Waals surface area contributed by atoms with Crippen LogP contribution >= 0.6 is 0 Å². The highest BCUT2D eigenvalue weighted by molar-refractivity contribution is 5.85. The fraction of sp³-hybridized carbons (Fsp3) is 0.0714. The van der Waals surface area contributed by atoms with Crippen LogP contribution in [0.15, 0.2) is 48.7 Å². The Labute approximate surface area is 99.1 Å². The van der Waals surface area contributed by atoms with E-state index in [1.165, 1.54) is 5.39 Å². The van der Waals surface area contributed by atoms with Gasteiger partial charge in [-0.2, -0.15) is 0 Å². The van der Waals surface area contributed by atoms with Crippen molar-refractivity contribution < 1.29 is 4.74 Å². The van der Waals surface area contributed by atoms with E-state index in [1.807, 2.05) is 30.5 Å². The molecular formula is C14H12N2O. The van der Waals surface area contributed by atoms with Gasteiger partial charge in [0.1, 0.15) is 0 Å². The van der Waals surface area contributed by atoms with E-state index in [-0.39, 0.29) is 0 Å². The number of ether oxygens (including phenoxy) is 1. The molecule has 0 unspecified atom stereocenters. The molecule has 3 rings (SSSR count). The number of methoxy groups -OCH3 is 1. The molecule has 3 nitrogen and oxygen atoms in total. The summed E-state index contributed by atoms with van der Waals surface area (Å²) in [5.74, 6) is 0.630. The van der Waals surface area contributed by atoms with Crippen molar-refractivity contribution in [3.05, 3.63) is 48.7 Å². The van der Waals surface area contributed by atoms with Gasteiger partial charge >= 0.3 is 0 Å². The SMILES string of the molecule is COc1ccc(-c2cc3ccccc3[nH]2)cn1. The molecule has 0 fully saturated rings. The summed E-state index contributed by atoms with van der Waals surface area (Å²) in [5, 5.41) is 1.21. The number of para-hydroxylation sites is 1. The Morgan fingerprint density at radius 2 is 2.00 bits per heavy atom. The minimum absolute atomic E-state index is 0.630. The van der Waals surface area contributed by atoms with Gasteiger partial charge in [0.2, 0.25) is 5.88 Å². The van der Waals surface area contributed by atoms with Crippen molar-refractivity contribution in [2.24, 2.45) is 0 Å². The third-order valence-electron chi connectivity index (χ3n) is 2.79. The number of aromatic amines is 1. The zero-order valence-electron chi connectivity index (χ0n) is 9.47. The molecule has 0 saturated heterocycles. The fourth-order valence-corrected chi connectivity index (χ4v) is 1.89. The summed E-state index contributed by atoms with van der Waals surface area (Å²) < 4.78 is 5.04. The van der Waals surface area contributed by atoms with Crippen LogP contribution in [0.25, 0.3) is 22.2 Å². The van der Waals surface area contributed by atoms with Gasteiger partial charge in [0, 0.05) is 34.4 Å². The monoisotopic (exact) mass is 224 g/mol. The largest absolute Gasteiger partial charge is 0.481 e. The normalized spacial score (nSPS) is 10.6. The lowest BCUT2D eigenvalue weighted by molar-refractivity contribution is 0.398. The molecule has 17 heavy (non-hydrogen) atoms. The van der Waals surface area contributed by atoms with Gasteiger partial charge in [-0.25, -0.2) is 4.98 Å². The van der Waals surface area contributed by atoms with Crippen LogP contribution in [0.4, 0.5) is 0 Å². The zero-order chi connectivity index (χ0) is 11.7. The molecule has 0 spiro atoms. The molecule has 0 amide bonds. The number of nitrogens with one attached hydrogen (secondary N) is 1. The number of hydrogen-bond donors (Lipinski definition) is 1. The molecule has 3 heteroatoms. The number of fused-ring (bicyclic) bond motifs is 1. The first-order chi connectivity index (χ1) is 8.36. The van der Waals surface area contributed by atoms with Crippen LogP contribution in [0.2, 0.25) is 0 Å². The minimum atomic E-state index is 0.630. The van der Waals surface area contributed by atoms with Crippen molar-refractivity contribution in [2.45, 2.75) is 0 Å². The molecule has 0 bridgehead atoms. The van der Waals surface area contributed by atoms with E-state index in [0.717, 1.165) is 16.8 Å². The van der Waals surface area contributed by atoms with Gasteiger partial charge in [-0.1, -0.05) is 18.2 Å². The number of hydrogen-bond acceptors (Lipinski definition) is 2.